The maximum atomic E-state index is 13.1. The van der Waals surface area contributed by atoms with E-state index in [-0.39, 0.29) is 22.8 Å². The average Bonchev–Trinajstić information content (AvgIpc) is 3.10. The van der Waals surface area contributed by atoms with E-state index in [0.29, 0.717) is 28.0 Å². The van der Waals surface area contributed by atoms with Crippen molar-refractivity contribution in [2.75, 3.05) is 7.11 Å². The molecule has 1 amide bonds. The maximum absolute atomic E-state index is 13.1. The van der Waals surface area contributed by atoms with Gasteiger partial charge >= 0.3 is 0 Å². The lowest BCUT2D eigenvalue weighted by Crippen LogP contribution is -2.41. The number of hydrogen-bond acceptors (Lipinski definition) is 6. The fourth-order valence-electron chi connectivity index (χ4n) is 4.27. The SMILES string of the molecule is COc1ccc(/C=C2/NC(=S)N(C3CCCCC3)C2=O)cc1CSc1nc(C)cc(C(F)F)n1. The molecule has 1 aliphatic carbocycles. The average molecular weight is 505 g/mol. The number of rotatable bonds is 7. The third kappa shape index (κ3) is 5.55. The number of nitrogens with zero attached hydrogens (tertiary/aromatic N) is 3. The number of ether oxygens (including phenoxy) is 1. The Morgan fingerprint density at radius 3 is 2.74 bits per heavy atom. The van der Waals surface area contributed by atoms with Crippen LogP contribution in [0, 0.1) is 6.92 Å². The highest BCUT2D eigenvalue weighted by Crippen LogP contribution is 2.30. The topological polar surface area (TPSA) is 67.3 Å². The van der Waals surface area contributed by atoms with E-state index < -0.39 is 6.43 Å². The summed E-state index contributed by atoms with van der Waals surface area (Å²) in [5, 5.41) is 3.81. The van der Waals surface area contributed by atoms with Gasteiger partial charge in [-0.1, -0.05) is 37.1 Å². The minimum Gasteiger partial charge on any atom is -0.496 e. The van der Waals surface area contributed by atoms with E-state index in [9.17, 15) is 13.6 Å². The number of alkyl halides is 2. The number of thioether (sulfide) groups is 1. The zero-order valence-electron chi connectivity index (χ0n) is 19.0. The number of hydrogen-bond donors (Lipinski definition) is 1. The molecule has 0 unspecified atom stereocenters. The zero-order valence-corrected chi connectivity index (χ0v) is 20.6. The van der Waals surface area contributed by atoms with E-state index >= 15 is 0 Å². The highest BCUT2D eigenvalue weighted by Gasteiger charge is 2.36. The van der Waals surface area contributed by atoms with E-state index in [4.69, 9.17) is 17.0 Å². The number of aromatic nitrogens is 2. The first-order valence-corrected chi connectivity index (χ1v) is 12.5. The molecule has 1 N–H and O–H groups in total. The first-order chi connectivity index (χ1) is 16.4. The van der Waals surface area contributed by atoms with Crippen molar-refractivity contribution in [2.45, 2.75) is 62.4 Å². The molecular formula is C24H26F2N4O2S2. The predicted octanol–water partition coefficient (Wildman–Crippen LogP) is 5.41. The van der Waals surface area contributed by atoms with E-state index in [1.54, 1.807) is 25.0 Å². The van der Waals surface area contributed by atoms with Gasteiger partial charge < -0.3 is 10.1 Å². The Hall–Kier alpha value is -2.59. The number of amides is 1. The summed E-state index contributed by atoms with van der Waals surface area (Å²) >= 11 is 6.71. The second-order valence-corrected chi connectivity index (χ2v) is 9.66. The summed E-state index contributed by atoms with van der Waals surface area (Å²) in [5.41, 5.74) is 2.29. The number of methoxy groups -OCH3 is 1. The lowest BCUT2D eigenvalue weighted by atomic mass is 9.94. The zero-order chi connectivity index (χ0) is 24.2. The number of benzene rings is 1. The van der Waals surface area contributed by atoms with E-state index in [2.05, 4.69) is 15.3 Å². The molecule has 180 valence electrons. The van der Waals surface area contributed by atoms with Crippen molar-refractivity contribution >= 4 is 41.1 Å². The molecule has 6 nitrogen and oxygen atoms in total. The van der Waals surface area contributed by atoms with Crippen LogP contribution in [0.3, 0.4) is 0 Å². The monoisotopic (exact) mass is 504 g/mol. The van der Waals surface area contributed by atoms with Gasteiger partial charge in [-0.2, -0.15) is 0 Å². The van der Waals surface area contributed by atoms with E-state index in [1.165, 1.54) is 24.2 Å². The molecule has 0 radical (unpaired) electrons. The van der Waals surface area contributed by atoms with Gasteiger partial charge in [-0.3, -0.25) is 9.69 Å². The van der Waals surface area contributed by atoms with Crippen molar-refractivity contribution in [3.05, 3.63) is 52.5 Å². The second kappa shape index (κ2) is 10.8. The summed E-state index contributed by atoms with van der Waals surface area (Å²) in [7, 11) is 1.57. The van der Waals surface area contributed by atoms with Gasteiger partial charge in [0.05, 0.1) is 7.11 Å². The summed E-state index contributed by atoms with van der Waals surface area (Å²) in [6.45, 7) is 1.66. The smallest absolute Gasteiger partial charge is 0.280 e. The Morgan fingerprint density at radius 2 is 2.03 bits per heavy atom. The van der Waals surface area contributed by atoms with Crippen molar-refractivity contribution in [1.82, 2.24) is 20.2 Å². The van der Waals surface area contributed by atoms with Crippen LogP contribution in [0.1, 0.15) is 61.0 Å². The highest BCUT2D eigenvalue weighted by molar-refractivity contribution is 7.98. The molecule has 0 atom stereocenters. The Kier molecular flexibility index (Phi) is 7.77. The van der Waals surface area contributed by atoms with Crippen LogP contribution in [0.15, 0.2) is 35.1 Å². The molecule has 1 saturated heterocycles. The first-order valence-electron chi connectivity index (χ1n) is 11.2. The van der Waals surface area contributed by atoms with Crippen molar-refractivity contribution in [3.8, 4) is 5.75 Å². The molecule has 2 fully saturated rings. The van der Waals surface area contributed by atoms with Crippen LogP contribution < -0.4 is 10.1 Å². The molecule has 0 spiro atoms. The highest BCUT2D eigenvalue weighted by atomic mass is 32.2. The fourth-order valence-corrected chi connectivity index (χ4v) is 5.50. The van der Waals surface area contributed by atoms with E-state index in [1.807, 2.05) is 18.2 Å². The standard InChI is InChI=1S/C24H26F2N4O2S2/c1-14-10-18(21(25)26)28-23(27-14)34-13-16-11-15(8-9-20(16)32-2)12-19-22(31)30(24(33)29-19)17-6-4-3-5-7-17/h8-12,17,21H,3-7,13H2,1-2H3,(H,29,33)/b19-12+. The molecule has 1 saturated carbocycles. The number of thiocarbonyl (C=S) groups is 1. The Morgan fingerprint density at radius 1 is 1.26 bits per heavy atom. The van der Waals surface area contributed by atoms with Crippen LogP contribution in [0.4, 0.5) is 8.78 Å². The van der Waals surface area contributed by atoms with Crippen LogP contribution in [-0.2, 0) is 10.5 Å². The van der Waals surface area contributed by atoms with Gasteiger partial charge in [0.15, 0.2) is 10.3 Å². The summed E-state index contributed by atoms with van der Waals surface area (Å²) in [5.74, 6) is 0.970. The molecule has 2 aliphatic rings. The second-order valence-electron chi connectivity index (χ2n) is 8.33. The van der Waals surface area contributed by atoms with Crippen molar-refractivity contribution < 1.29 is 18.3 Å². The molecular weight excluding hydrogens is 478 g/mol. The number of halogens is 2. The maximum Gasteiger partial charge on any atom is 0.280 e. The van der Waals surface area contributed by atoms with Gasteiger partial charge in [-0.25, -0.2) is 18.7 Å². The normalized spacial score (nSPS) is 18.1. The van der Waals surface area contributed by atoms with Gasteiger partial charge in [0.1, 0.15) is 17.1 Å². The molecule has 1 aliphatic heterocycles. The summed E-state index contributed by atoms with van der Waals surface area (Å²) in [4.78, 5) is 23.0. The van der Waals surface area contributed by atoms with Crippen molar-refractivity contribution in [1.29, 1.82) is 0 Å². The summed E-state index contributed by atoms with van der Waals surface area (Å²) < 4.78 is 31.7. The number of carbonyl (C=O) groups excluding carboxylic acids is 1. The van der Waals surface area contributed by atoms with Crippen LogP contribution in [-0.4, -0.2) is 39.0 Å². The van der Waals surface area contributed by atoms with Gasteiger partial charge in [-0.15, -0.1) is 0 Å². The molecule has 2 heterocycles. The van der Waals surface area contributed by atoms with Gasteiger partial charge in [0.25, 0.3) is 12.3 Å². The molecule has 34 heavy (non-hydrogen) atoms. The quantitative estimate of drug-likeness (QED) is 0.234. The summed E-state index contributed by atoms with van der Waals surface area (Å²) in [6.07, 6.45) is 4.49. The predicted molar refractivity (Wildman–Crippen MR) is 132 cm³/mol. The number of carbonyl (C=O) groups is 1. The number of aryl methyl sites for hydroxylation is 1. The van der Waals surface area contributed by atoms with Crippen LogP contribution in [0.5, 0.6) is 5.75 Å². The van der Waals surface area contributed by atoms with Crippen molar-refractivity contribution in [3.63, 3.8) is 0 Å². The number of nitrogens with one attached hydrogen (secondary N) is 1. The Balaban J connectivity index is 1.53. The third-order valence-corrected chi connectivity index (χ3v) is 7.09. The minimum atomic E-state index is -2.65. The molecule has 1 aromatic carbocycles. The first kappa shape index (κ1) is 24.5. The minimum absolute atomic E-state index is 0.101. The molecule has 0 bridgehead atoms. The van der Waals surface area contributed by atoms with Crippen LogP contribution >= 0.6 is 24.0 Å². The Bertz CT molecular complexity index is 1120. The molecule has 2 aromatic rings. The molecule has 10 heteroatoms. The summed E-state index contributed by atoms with van der Waals surface area (Å²) in [6, 6.07) is 7.03. The van der Waals surface area contributed by atoms with Crippen molar-refractivity contribution in [2.24, 2.45) is 0 Å². The van der Waals surface area contributed by atoms with Crippen LogP contribution in [0.2, 0.25) is 0 Å². The van der Waals surface area contributed by atoms with E-state index in [0.717, 1.165) is 36.8 Å². The Labute approximate surface area is 207 Å². The third-order valence-electron chi connectivity index (χ3n) is 5.90. The lowest BCUT2D eigenvalue weighted by Gasteiger charge is -2.29. The van der Waals surface area contributed by atoms with Gasteiger partial charge in [-0.05, 0) is 61.8 Å². The molecule has 1 aromatic heterocycles. The van der Waals surface area contributed by atoms with Crippen LogP contribution in [0.25, 0.3) is 6.08 Å². The van der Waals surface area contributed by atoms with Gasteiger partial charge in [0.2, 0.25) is 0 Å². The van der Waals surface area contributed by atoms with Gasteiger partial charge in [0, 0.05) is 23.1 Å². The fraction of sp³-hybridized carbons (Fsp3) is 0.417. The largest absolute Gasteiger partial charge is 0.496 e. The molecule has 4 rings (SSSR count). The lowest BCUT2D eigenvalue weighted by molar-refractivity contribution is -0.124.